The highest BCUT2D eigenvalue weighted by Crippen LogP contribution is 2.34. The normalized spacial score (nSPS) is 23.0. The fraction of sp³-hybridized carbons (Fsp3) is 0.500. The lowest BCUT2D eigenvalue weighted by Crippen LogP contribution is -2.55. The second kappa shape index (κ2) is 13.3. The van der Waals surface area contributed by atoms with E-state index < -0.39 is 6.17 Å². The van der Waals surface area contributed by atoms with Crippen LogP contribution in [0.25, 0.3) is 0 Å². The molecule has 0 spiro atoms. The molecule has 0 radical (unpaired) electrons. The molecule has 1 unspecified atom stereocenters. The molecule has 10 heteroatoms. The summed E-state index contributed by atoms with van der Waals surface area (Å²) in [6.45, 7) is 8.43. The van der Waals surface area contributed by atoms with Crippen LogP contribution < -0.4 is 10.6 Å². The van der Waals surface area contributed by atoms with Crippen molar-refractivity contribution >= 4 is 39.6 Å². The zero-order valence-corrected chi connectivity index (χ0v) is 24.8. The molecule has 2 fully saturated rings. The molecular weight excluding hydrogens is 545 g/mol. The van der Waals surface area contributed by atoms with Gasteiger partial charge in [0.05, 0.1) is 10.6 Å². The van der Waals surface area contributed by atoms with Crippen molar-refractivity contribution in [2.75, 3.05) is 38.0 Å². The molecule has 0 aliphatic carbocycles. The molecule has 214 valence electrons. The average molecular weight is 584 g/mol. The topological polar surface area (TPSA) is 77.6 Å². The van der Waals surface area contributed by atoms with Gasteiger partial charge in [-0.05, 0) is 60.7 Å². The summed E-state index contributed by atoms with van der Waals surface area (Å²) in [7, 11) is 0. The predicted molar refractivity (Wildman–Crippen MR) is 160 cm³/mol. The van der Waals surface area contributed by atoms with Crippen LogP contribution in [0.15, 0.2) is 47.2 Å². The van der Waals surface area contributed by atoms with Crippen LogP contribution in [0.4, 0.5) is 14.3 Å². The minimum Gasteiger partial charge on any atom is -0.335 e. The minimum absolute atomic E-state index is 0.0114. The van der Waals surface area contributed by atoms with Gasteiger partial charge in [-0.2, -0.15) is 11.3 Å². The summed E-state index contributed by atoms with van der Waals surface area (Å²) in [6.07, 6.45) is 1.74. The highest BCUT2D eigenvalue weighted by Gasteiger charge is 2.35. The molecule has 4 atom stereocenters. The molecule has 0 bridgehead atoms. The number of ketones is 1. The number of halogens is 1. The number of anilines is 1. The van der Waals surface area contributed by atoms with Crippen LogP contribution in [0, 0.1) is 18.8 Å². The molecule has 7 nitrogen and oxygen atoms in total. The summed E-state index contributed by atoms with van der Waals surface area (Å²) in [5.74, 6) is 0.126. The summed E-state index contributed by atoms with van der Waals surface area (Å²) in [5.41, 5.74) is 2.71. The third kappa shape index (κ3) is 7.34. The first-order valence-corrected chi connectivity index (χ1v) is 15.8. The summed E-state index contributed by atoms with van der Waals surface area (Å²) in [6, 6.07) is 11.4. The monoisotopic (exact) mass is 583 g/mol. The standard InChI is InChI=1S/C30H38FN5O2S2/c1-20-28(21(2)37)40-30(32-20)34-29(38)33-26-10-13-36(15-22-11-14-39-19-22)18-25(26)17-35-12-6-9-24(16-35)27(31)23-7-4-3-5-8-23/h3-5,7-8,11,14,19,24-27H,6,9-10,12-13,15-18H2,1-2H3,(H2,32,33,34,38)/t24-,25+,26+,27?/m0/s1. The Hall–Kier alpha value is -2.66. The third-order valence-electron chi connectivity index (χ3n) is 8.02. The fourth-order valence-electron chi connectivity index (χ4n) is 6.08. The molecule has 4 heterocycles. The zero-order chi connectivity index (χ0) is 28.1. The van der Waals surface area contributed by atoms with E-state index in [-0.39, 0.29) is 29.7 Å². The van der Waals surface area contributed by atoms with Gasteiger partial charge in [-0.25, -0.2) is 14.2 Å². The number of hydrogen-bond acceptors (Lipinski definition) is 7. The van der Waals surface area contributed by atoms with E-state index in [9.17, 15) is 9.59 Å². The van der Waals surface area contributed by atoms with Gasteiger partial charge in [0.2, 0.25) is 0 Å². The molecule has 3 aromatic rings. The van der Waals surface area contributed by atoms with Gasteiger partial charge in [-0.15, -0.1) is 0 Å². The number of Topliss-reactive ketones (excluding diaryl/α,β-unsaturated/α-hetero) is 1. The van der Waals surface area contributed by atoms with Gasteiger partial charge in [0, 0.05) is 57.5 Å². The van der Waals surface area contributed by atoms with Crippen molar-refractivity contribution in [1.82, 2.24) is 20.1 Å². The van der Waals surface area contributed by atoms with Gasteiger partial charge in [0.1, 0.15) is 6.17 Å². The van der Waals surface area contributed by atoms with Crippen LogP contribution in [-0.4, -0.2) is 65.4 Å². The number of nitrogens with one attached hydrogen (secondary N) is 2. The maximum Gasteiger partial charge on any atom is 0.321 e. The van der Waals surface area contributed by atoms with Crippen LogP contribution in [0.1, 0.15) is 58.9 Å². The van der Waals surface area contributed by atoms with Crippen molar-refractivity contribution in [2.24, 2.45) is 11.8 Å². The molecule has 2 aliphatic heterocycles. The van der Waals surface area contributed by atoms with Crippen molar-refractivity contribution in [2.45, 2.75) is 51.9 Å². The van der Waals surface area contributed by atoms with Gasteiger partial charge in [0.15, 0.2) is 10.9 Å². The molecule has 1 aromatic carbocycles. The van der Waals surface area contributed by atoms with E-state index in [2.05, 4.69) is 42.2 Å². The first-order valence-electron chi connectivity index (χ1n) is 14.1. The lowest BCUT2D eigenvalue weighted by Gasteiger charge is -2.43. The maximum atomic E-state index is 15.5. The van der Waals surface area contributed by atoms with Gasteiger partial charge < -0.3 is 10.2 Å². The number of amides is 2. The molecule has 40 heavy (non-hydrogen) atoms. The van der Waals surface area contributed by atoms with Gasteiger partial charge >= 0.3 is 6.03 Å². The highest BCUT2D eigenvalue weighted by molar-refractivity contribution is 7.17. The van der Waals surface area contributed by atoms with Crippen LogP contribution in [0.3, 0.4) is 0 Å². The summed E-state index contributed by atoms with van der Waals surface area (Å²) >= 11 is 2.92. The van der Waals surface area contributed by atoms with Crippen LogP contribution in [0.2, 0.25) is 0 Å². The Bertz CT molecular complexity index is 1270. The molecule has 2 N–H and O–H groups in total. The number of carbonyl (C=O) groups excluding carboxylic acids is 2. The lowest BCUT2D eigenvalue weighted by atomic mass is 9.87. The Labute approximate surface area is 243 Å². The van der Waals surface area contributed by atoms with Gasteiger partial charge in [0.25, 0.3) is 0 Å². The number of piperidine rings is 2. The van der Waals surface area contributed by atoms with Crippen molar-refractivity contribution in [3.63, 3.8) is 0 Å². The van der Waals surface area contributed by atoms with Crippen molar-refractivity contribution in [1.29, 1.82) is 0 Å². The number of nitrogens with zero attached hydrogens (tertiary/aromatic N) is 3. The first kappa shape index (κ1) is 28.9. The second-order valence-electron chi connectivity index (χ2n) is 11.1. The smallest absolute Gasteiger partial charge is 0.321 e. The van der Waals surface area contributed by atoms with E-state index in [4.69, 9.17) is 0 Å². The van der Waals surface area contributed by atoms with E-state index in [1.54, 1.807) is 18.3 Å². The third-order valence-corrected chi connectivity index (χ3v) is 9.93. The van der Waals surface area contributed by atoms with E-state index in [0.717, 1.165) is 64.1 Å². The largest absolute Gasteiger partial charge is 0.335 e. The van der Waals surface area contributed by atoms with Crippen LogP contribution in [0.5, 0.6) is 0 Å². The summed E-state index contributed by atoms with van der Waals surface area (Å²) in [5, 5.41) is 10.8. The molecular formula is C30H38FN5O2S2. The van der Waals surface area contributed by atoms with Crippen molar-refractivity contribution in [3.05, 3.63) is 68.9 Å². The lowest BCUT2D eigenvalue weighted by molar-refractivity contribution is 0.0624. The Morgan fingerprint density at radius 1 is 1.12 bits per heavy atom. The van der Waals surface area contributed by atoms with E-state index in [1.807, 2.05) is 30.3 Å². The Morgan fingerprint density at radius 3 is 2.67 bits per heavy atom. The number of hydrogen-bond donors (Lipinski definition) is 2. The Kier molecular flexibility index (Phi) is 9.62. The van der Waals surface area contributed by atoms with E-state index >= 15 is 4.39 Å². The van der Waals surface area contributed by atoms with Crippen molar-refractivity contribution in [3.8, 4) is 0 Å². The first-order chi connectivity index (χ1) is 19.4. The summed E-state index contributed by atoms with van der Waals surface area (Å²) < 4.78 is 15.5. The highest BCUT2D eigenvalue weighted by atomic mass is 32.1. The van der Waals surface area contributed by atoms with Crippen LogP contribution >= 0.6 is 22.7 Å². The van der Waals surface area contributed by atoms with Gasteiger partial charge in [-0.1, -0.05) is 41.7 Å². The minimum atomic E-state index is -0.966. The second-order valence-corrected chi connectivity index (χ2v) is 12.9. The fourth-order valence-corrected chi connectivity index (χ4v) is 7.60. The number of thiazole rings is 1. The maximum absolute atomic E-state index is 15.5. The number of thiophene rings is 1. The number of carbonyl (C=O) groups is 2. The number of aryl methyl sites for hydroxylation is 1. The molecule has 2 aliphatic rings. The zero-order valence-electron chi connectivity index (χ0n) is 23.1. The Morgan fingerprint density at radius 2 is 1.95 bits per heavy atom. The number of likely N-dealkylation sites (tertiary alicyclic amines) is 2. The SMILES string of the molecule is CC(=O)c1sc(NC(=O)N[C@@H]2CCN(Cc3ccsc3)C[C@H]2CN2CCC[C@H](C(F)c3ccccc3)C2)nc1C. The number of alkyl halides is 1. The van der Waals surface area contributed by atoms with Crippen LogP contribution in [-0.2, 0) is 6.54 Å². The molecule has 5 rings (SSSR count). The quantitative estimate of drug-likeness (QED) is 0.296. The number of rotatable bonds is 9. The van der Waals surface area contributed by atoms with E-state index in [0.29, 0.717) is 15.7 Å². The Balaban J connectivity index is 1.24. The predicted octanol–water partition coefficient (Wildman–Crippen LogP) is 6.15. The molecule has 2 aromatic heterocycles. The average Bonchev–Trinajstić information content (AvgIpc) is 3.59. The summed E-state index contributed by atoms with van der Waals surface area (Å²) in [4.78, 5) is 34.6. The van der Waals surface area contributed by atoms with Gasteiger partial charge in [-0.3, -0.25) is 15.0 Å². The number of aromatic nitrogens is 1. The number of benzene rings is 1. The molecule has 2 saturated heterocycles. The number of urea groups is 1. The van der Waals surface area contributed by atoms with E-state index in [1.165, 1.54) is 23.8 Å². The molecule has 2 amide bonds. The molecule has 0 saturated carbocycles. The van der Waals surface area contributed by atoms with Crippen molar-refractivity contribution < 1.29 is 14.0 Å².